The minimum Gasteiger partial charge on any atom is -0.383 e. The Labute approximate surface area is 196 Å². The lowest BCUT2D eigenvalue weighted by Gasteiger charge is -2.21. The summed E-state index contributed by atoms with van der Waals surface area (Å²) in [4.78, 5) is 44.0. The number of Topliss-reactive ketones (excluding diaryl/α,β-unsaturated/α-hetero) is 1. The largest absolute Gasteiger partial charge is 0.383 e. The van der Waals surface area contributed by atoms with Crippen molar-refractivity contribution in [2.75, 3.05) is 6.54 Å². The molecule has 0 aromatic carbocycles. The number of carbonyl (C=O) groups excluding carboxylic acids is 1. The molecule has 13 nitrogen and oxygen atoms in total. The highest BCUT2D eigenvalue weighted by atomic mass is 16.5. The number of rotatable bonds is 15. The molecule has 34 heavy (non-hydrogen) atoms. The minimum absolute atomic E-state index is 0.0906. The van der Waals surface area contributed by atoms with Gasteiger partial charge in [-0.25, -0.2) is 4.79 Å². The van der Waals surface area contributed by atoms with Crippen molar-refractivity contribution in [2.24, 2.45) is 10.2 Å². The molecule has 13 heteroatoms. The number of aliphatic hydroxyl groups excluding tert-OH is 1. The van der Waals surface area contributed by atoms with Gasteiger partial charge in [-0.15, -0.1) is 0 Å². The van der Waals surface area contributed by atoms with Crippen LogP contribution in [0.15, 0.2) is 26.0 Å². The molecule has 1 aliphatic heterocycles. The van der Waals surface area contributed by atoms with Crippen LogP contribution in [-0.4, -0.2) is 45.2 Å². The predicted octanol–water partition coefficient (Wildman–Crippen LogP) is 3.56. The summed E-state index contributed by atoms with van der Waals surface area (Å²) in [6, 6.07) is -0.827. The first-order chi connectivity index (χ1) is 16.4. The molecule has 0 spiro atoms. The van der Waals surface area contributed by atoms with Crippen LogP contribution in [0.4, 0.5) is 0 Å². The summed E-state index contributed by atoms with van der Waals surface area (Å²) in [5, 5.41) is 17.7. The number of unbranched alkanes of at least 4 members (excludes halogenated alkanes) is 7. The second-order valence-electron chi connectivity index (χ2n) is 8.49. The molecule has 2 rings (SSSR count). The standard InChI is InChI=1S/C21H32N8O5/c1-14-13-29(21(33)25-20(14)32)17-12-15(26-28-23)19(34-17)18(31)16(30)10-8-6-4-2-3-5-7-9-11-24-27-22/h13,15,17-19,31H,2-12H2,1H3,(H,25,32,33)/t15-,17+,18?,19-/m0/s1. The fraction of sp³-hybridized carbons (Fsp3) is 0.762. The van der Waals surface area contributed by atoms with E-state index in [1.165, 1.54) is 17.7 Å². The molecule has 0 amide bonds. The van der Waals surface area contributed by atoms with E-state index in [1.54, 1.807) is 0 Å². The Bertz CT molecular complexity index is 1020. The van der Waals surface area contributed by atoms with E-state index < -0.39 is 41.5 Å². The van der Waals surface area contributed by atoms with Crippen molar-refractivity contribution >= 4 is 5.78 Å². The number of azide groups is 2. The number of aliphatic hydroxyl groups is 1. The van der Waals surface area contributed by atoms with Gasteiger partial charge in [0.2, 0.25) is 0 Å². The maximum Gasteiger partial charge on any atom is 0.330 e. The quantitative estimate of drug-likeness (QED) is 0.168. The van der Waals surface area contributed by atoms with Gasteiger partial charge in [0.1, 0.15) is 18.4 Å². The Kier molecular flexibility index (Phi) is 11.3. The van der Waals surface area contributed by atoms with Crippen molar-refractivity contribution in [1.82, 2.24) is 9.55 Å². The van der Waals surface area contributed by atoms with Gasteiger partial charge in [-0.3, -0.25) is 19.1 Å². The number of aromatic nitrogens is 2. The lowest BCUT2D eigenvalue weighted by atomic mass is 9.98. The van der Waals surface area contributed by atoms with Crippen LogP contribution in [0.25, 0.3) is 20.9 Å². The van der Waals surface area contributed by atoms with Crippen LogP contribution in [0.2, 0.25) is 0 Å². The van der Waals surface area contributed by atoms with Gasteiger partial charge in [-0.2, -0.15) is 0 Å². The third-order valence-corrected chi connectivity index (χ3v) is 5.93. The van der Waals surface area contributed by atoms with E-state index in [1.807, 2.05) is 0 Å². The van der Waals surface area contributed by atoms with Gasteiger partial charge in [0.05, 0.1) is 6.04 Å². The topological polar surface area (TPSA) is 199 Å². The molecule has 0 aliphatic carbocycles. The molecule has 1 aromatic rings. The summed E-state index contributed by atoms with van der Waals surface area (Å²) in [5.74, 6) is -0.396. The smallest absolute Gasteiger partial charge is 0.330 e. The Hall–Kier alpha value is -3.11. The van der Waals surface area contributed by atoms with Crippen molar-refractivity contribution in [2.45, 2.75) is 95.6 Å². The van der Waals surface area contributed by atoms with E-state index in [0.29, 0.717) is 18.5 Å². The summed E-state index contributed by atoms with van der Waals surface area (Å²) >= 11 is 0. The Morgan fingerprint density at radius 3 is 2.47 bits per heavy atom. The average Bonchev–Trinajstić information content (AvgIpc) is 3.23. The number of aromatic amines is 1. The van der Waals surface area contributed by atoms with Gasteiger partial charge in [0.15, 0.2) is 5.78 Å². The van der Waals surface area contributed by atoms with Crippen molar-refractivity contribution < 1.29 is 14.6 Å². The van der Waals surface area contributed by atoms with Crippen molar-refractivity contribution in [3.8, 4) is 0 Å². The first-order valence-corrected chi connectivity index (χ1v) is 11.6. The molecule has 2 N–H and O–H groups in total. The van der Waals surface area contributed by atoms with Crippen LogP contribution in [0.5, 0.6) is 0 Å². The van der Waals surface area contributed by atoms with E-state index in [4.69, 9.17) is 15.8 Å². The van der Waals surface area contributed by atoms with E-state index >= 15 is 0 Å². The molecule has 0 saturated carbocycles. The minimum atomic E-state index is -1.48. The number of H-pyrrole nitrogens is 1. The second-order valence-corrected chi connectivity index (χ2v) is 8.49. The van der Waals surface area contributed by atoms with E-state index in [-0.39, 0.29) is 12.8 Å². The summed E-state index contributed by atoms with van der Waals surface area (Å²) in [6.07, 6.45) is 5.81. The van der Waals surface area contributed by atoms with Gasteiger partial charge < -0.3 is 9.84 Å². The number of nitrogens with one attached hydrogen (secondary N) is 1. The van der Waals surface area contributed by atoms with Crippen LogP contribution in [0, 0.1) is 6.92 Å². The highest BCUT2D eigenvalue weighted by Crippen LogP contribution is 2.32. The lowest BCUT2D eigenvalue weighted by Crippen LogP contribution is -2.39. The van der Waals surface area contributed by atoms with Crippen LogP contribution < -0.4 is 11.2 Å². The Morgan fingerprint density at radius 1 is 1.18 bits per heavy atom. The fourth-order valence-corrected chi connectivity index (χ4v) is 4.03. The number of aryl methyl sites for hydroxylation is 1. The van der Waals surface area contributed by atoms with E-state index in [0.717, 1.165) is 44.9 Å². The highest BCUT2D eigenvalue weighted by Gasteiger charge is 2.42. The summed E-state index contributed by atoms with van der Waals surface area (Å²) in [6.45, 7) is 2.07. The Balaban J connectivity index is 1.80. The predicted molar refractivity (Wildman–Crippen MR) is 124 cm³/mol. The fourth-order valence-electron chi connectivity index (χ4n) is 4.03. The van der Waals surface area contributed by atoms with Crippen molar-refractivity contribution in [3.63, 3.8) is 0 Å². The molecular weight excluding hydrogens is 444 g/mol. The molecule has 1 aromatic heterocycles. The zero-order valence-corrected chi connectivity index (χ0v) is 19.4. The third kappa shape index (κ3) is 8.03. The van der Waals surface area contributed by atoms with Gasteiger partial charge in [0, 0.05) is 41.0 Å². The summed E-state index contributed by atoms with van der Waals surface area (Å²) in [5.41, 5.74) is 16.2. The van der Waals surface area contributed by atoms with Gasteiger partial charge in [-0.1, -0.05) is 48.8 Å². The average molecular weight is 477 g/mol. The highest BCUT2D eigenvalue weighted by molar-refractivity contribution is 5.83. The maximum atomic E-state index is 12.5. The first-order valence-electron chi connectivity index (χ1n) is 11.6. The molecule has 1 unspecified atom stereocenters. The number of ether oxygens (including phenoxy) is 1. The zero-order chi connectivity index (χ0) is 24.9. The van der Waals surface area contributed by atoms with E-state index in [9.17, 15) is 19.5 Å². The molecule has 1 aliphatic rings. The molecule has 0 bridgehead atoms. The van der Waals surface area contributed by atoms with Gasteiger partial charge in [0.25, 0.3) is 5.56 Å². The molecular formula is C21H32N8O5. The van der Waals surface area contributed by atoms with Crippen molar-refractivity contribution in [3.05, 3.63) is 53.5 Å². The molecule has 186 valence electrons. The van der Waals surface area contributed by atoms with Crippen LogP contribution in [-0.2, 0) is 9.53 Å². The maximum absolute atomic E-state index is 12.5. The van der Waals surface area contributed by atoms with Crippen LogP contribution >= 0.6 is 0 Å². The Morgan fingerprint density at radius 2 is 1.82 bits per heavy atom. The number of hydrogen-bond donors (Lipinski definition) is 2. The SMILES string of the molecule is Cc1cn([C@H]2C[C@H](N=[N+]=[N-])[C@@H](C(O)C(=O)CCCCCCCCCCN=[N+]=[N-])O2)c(=O)[nH]c1=O. The second kappa shape index (κ2) is 14.2. The lowest BCUT2D eigenvalue weighted by molar-refractivity contribution is -0.137. The number of carbonyl (C=O) groups is 1. The third-order valence-electron chi connectivity index (χ3n) is 5.93. The van der Waals surface area contributed by atoms with Gasteiger partial charge >= 0.3 is 5.69 Å². The zero-order valence-electron chi connectivity index (χ0n) is 19.4. The number of nitrogens with zero attached hydrogens (tertiary/aromatic N) is 7. The van der Waals surface area contributed by atoms with Crippen LogP contribution in [0.3, 0.4) is 0 Å². The molecule has 1 fully saturated rings. The monoisotopic (exact) mass is 476 g/mol. The summed E-state index contributed by atoms with van der Waals surface area (Å²) < 4.78 is 6.93. The molecule has 2 heterocycles. The summed E-state index contributed by atoms with van der Waals surface area (Å²) in [7, 11) is 0. The van der Waals surface area contributed by atoms with Crippen LogP contribution in [0.1, 0.15) is 76.0 Å². The number of hydrogen-bond acceptors (Lipinski definition) is 7. The molecule has 1 saturated heterocycles. The van der Waals surface area contributed by atoms with E-state index in [2.05, 4.69) is 25.0 Å². The van der Waals surface area contributed by atoms with Crippen molar-refractivity contribution in [1.29, 1.82) is 0 Å². The normalized spacial score (nSPS) is 20.4. The van der Waals surface area contributed by atoms with Gasteiger partial charge in [-0.05, 0) is 30.8 Å². The first kappa shape index (κ1) is 27.1. The number of ketones is 1. The molecule has 4 atom stereocenters. The molecule has 0 radical (unpaired) electrons.